The molecule has 1 aliphatic heterocycles. The SMILES string of the molecule is CNc1cc(F)c(F)cc1C1(C=O)C(CC(C)(C)C)NC(C(=O)NC2CC(C)(O)C2)C1c1cccc(Cl)c1. The van der Waals surface area contributed by atoms with E-state index < -0.39 is 40.7 Å². The normalized spacial score (nSPS) is 31.0. The molecule has 1 saturated carbocycles. The van der Waals surface area contributed by atoms with Gasteiger partial charge in [-0.3, -0.25) is 4.79 Å². The number of anilines is 1. The number of carbonyl (C=O) groups is 2. The Hall–Kier alpha value is -2.55. The van der Waals surface area contributed by atoms with Gasteiger partial charge in [-0.05, 0) is 60.9 Å². The second-order valence-electron chi connectivity index (χ2n) is 12.2. The fourth-order valence-corrected chi connectivity index (χ4v) is 6.46. The number of benzene rings is 2. The highest BCUT2D eigenvalue weighted by atomic mass is 35.5. The van der Waals surface area contributed by atoms with Gasteiger partial charge in [-0.1, -0.05) is 44.5 Å². The van der Waals surface area contributed by atoms with Gasteiger partial charge in [0.25, 0.3) is 0 Å². The van der Waals surface area contributed by atoms with E-state index in [4.69, 9.17) is 11.6 Å². The maximum absolute atomic E-state index is 14.8. The van der Waals surface area contributed by atoms with Gasteiger partial charge >= 0.3 is 0 Å². The molecule has 6 nitrogen and oxygen atoms in total. The van der Waals surface area contributed by atoms with E-state index in [1.54, 1.807) is 38.2 Å². The topological polar surface area (TPSA) is 90.5 Å². The van der Waals surface area contributed by atoms with Crippen molar-refractivity contribution < 1.29 is 23.5 Å². The Morgan fingerprint density at radius 3 is 2.42 bits per heavy atom. The van der Waals surface area contributed by atoms with Gasteiger partial charge in [-0.25, -0.2) is 8.78 Å². The van der Waals surface area contributed by atoms with Crippen molar-refractivity contribution in [3.63, 3.8) is 0 Å². The predicted octanol–water partition coefficient (Wildman–Crippen LogP) is 4.69. The van der Waals surface area contributed by atoms with E-state index in [0.29, 0.717) is 29.8 Å². The Bertz CT molecular complexity index is 1220. The lowest BCUT2D eigenvalue weighted by molar-refractivity contribution is -0.127. The highest BCUT2D eigenvalue weighted by molar-refractivity contribution is 6.30. The molecular weight excluding hydrogens is 512 g/mol. The predicted molar refractivity (Wildman–Crippen MR) is 144 cm³/mol. The number of amides is 1. The quantitative estimate of drug-likeness (QED) is 0.378. The van der Waals surface area contributed by atoms with Gasteiger partial charge in [0.15, 0.2) is 11.6 Å². The maximum atomic E-state index is 14.8. The number of aliphatic hydroxyl groups is 1. The average Bonchev–Trinajstić information content (AvgIpc) is 3.12. The summed E-state index contributed by atoms with van der Waals surface area (Å²) in [6.07, 6.45) is 2.08. The lowest BCUT2D eigenvalue weighted by atomic mass is 9.62. The van der Waals surface area contributed by atoms with E-state index in [-0.39, 0.29) is 28.6 Å². The lowest BCUT2D eigenvalue weighted by Crippen LogP contribution is -2.57. The standard InChI is InChI=1S/C29H36ClF2N3O3/c1-27(2,3)14-23-29(15-36,19-10-20(31)21(32)11-22(19)33-5)24(16-7-6-8-17(30)9-16)25(35-23)26(37)34-18-12-28(4,38)13-18/h6-11,15,18,23-25,33,35,38H,12-14H2,1-5H3,(H,34,37). The molecule has 0 aromatic heterocycles. The number of rotatable bonds is 7. The van der Waals surface area contributed by atoms with Crippen LogP contribution in [0.3, 0.4) is 0 Å². The molecule has 9 heteroatoms. The van der Waals surface area contributed by atoms with Crippen molar-refractivity contribution in [2.75, 3.05) is 12.4 Å². The van der Waals surface area contributed by atoms with E-state index in [2.05, 4.69) is 16.0 Å². The zero-order valence-corrected chi connectivity index (χ0v) is 23.1. The minimum absolute atomic E-state index is 0.206. The summed E-state index contributed by atoms with van der Waals surface area (Å²) < 4.78 is 29.1. The molecule has 38 heavy (non-hydrogen) atoms. The second kappa shape index (κ2) is 10.2. The van der Waals surface area contributed by atoms with E-state index in [1.165, 1.54) is 0 Å². The summed E-state index contributed by atoms with van der Waals surface area (Å²) in [5.74, 6) is -3.23. The van der Waals surface area contributed by atoms with Crippen LogP contribution in [0.25, 0.3) is 0 Å². The minimum atomic E-state index is -1.45. The Kier molecular flexibility index (Phi) is 7.64. The van der Waals surface area contributed by atoms with Crippen molar-refractivity contribution in [1.29, 1.82) is 0 Å². The van der Waals surface area contributed by atoms with Crippen molar-refractivity contribution in [2.24, 2.45) is 5.41 Å². The van der Waals surface area contributed by atoms with E-state index in [9.17, 15) is 23.5 Å². The third-order valence-electron chi connectivity index (χ3n) is 7.82. The van der Waals surface area contributed by atoms with Crippen molar-refractivity contribution in [3.8, 4) is 0 Å². The van der Waals surface area contributed by atoms with Crippen molar-refractivity contribution >= 4 is 29.5 Å². The molecule has 1 aliphatic carbocycles. The van der Waals surface area contributed by atoms with Crippen LogP contribution in [0.5, 0.6) is 0 Å². The molecule has 2 fully saturated rings. The molecule has 0 bridgehead atoms. The first-order valence-corrected chi connectivity index (χ1v) is 13.3. The number of nitrogens with one attached hydrogen (secondary N) is 3. The zero-order chi connectivity index (χ0) is 28.0. The van der Waals surface area contributed by atoms with Crippen LogP contribution in [0, 0.1) is 17.0 Å². The Balaban J connectivity index is 1.93. The number of carbonyl (C=O) groups excluding carboxylic acids is 2. The molecule has 2 aromatic carbocycles. The summed E-state index contributed by atoms with van der Waals surface area (Å²) in [5, 5.41) is 20.0. The summed E-state index contributed by atoms with van der Waals surface area (Å²) >= 11 is 6.37. The average molecular weight is 548 g/mol. The number of aldehydes is 1. The smallest absolute Gasteiger partial charge is 0.238 e. The van der Waals surface area contributed by atoms with Crippen LogP contribution in [0.1, 0.15) is 64.0 Å². The van der Waals surface area contributed by atoms with Crippen molar-refractivity contribution in [3.05, 3.63) is 64.2 Å². The highest BCUT2D eigenvalue weighted by Crippen LogP contribution is 2.52. The van der Waals surface area contributed by atoms with Gasteiger partial charge in [0.05, 0.1) is 17.1 Å². The van der Waals surface area contributed by atoms with Crippen LogP contribution in [0.15, 0.2) is 36.4 Å². The van der Waals surface area contributed by atoms with E-state index in [1.807, 2.05) is 20.8 Å². The number of hydrogen-bond donors (Lipinski definition) is 4. The molecular formula is C29H36ClF2N3O3. The largest absolute Gasteiger partial charge is 0.390 e. The molecule has 0 spiro atoms. The van der Waals surface area contributed by atoms with Gasteiger partial charge in [0, 0.05) is 41.8 Å². The van der Waals surface area contributed by atoms with Gasteiger partial charge in [-0.15, -0.1) is 0 Å². The summed E-state index contributed by atoms with van der Waals surface area (Å²) in [7, 11) is 1.58. The van der Waals surface area contributed by atoms with Gasteiger partial charge in [0.1, 0.15) is 6.29 Å². The second-order valence-corrected chi connectivity index (χ2v) is 12.7. The summed E-state index contributed by atoms with van der Waals surface area (Å²) in [6, 6.07) is 7.37. The number of hydrogen-bond acceptors (Lipinski definition) is 5. The molecule has 1 amide bonds. The molecule has 2 aromatic rings. The van der Waals surface area contributed by atoms with Crippen LogP contribution in [0.4, 0.5) is 14.5 Å². The summed E-state index contributed by atoms with van der Waals surface area (Å²) in [4.78, 5) is 27.2. The molecule has 0 radical (unpaired) electrons. The highest BCUT2D eigenvalue weighted by Gasteiger charge is 2.60. The molecule has 1 saturated heterocycles. The van der Waals surface area contributed by atoms with Crippen LogP contribution < -0.4 is 16.0 Å². The maximum Gasteiger partial charge on any atom is 0.238 e. The third-order valence-corrected chi connectivity index (χ3v) is 8.06. The molecule has 206 valence electrons. The van der Waals surface area contributed by atoms with Gasteiger partial charge < -0.3 is 25.9 Å². The molecule has 2 aliphatic rings. The van der Waals surface area contributed by atoms with Crippen molar-refractivity contribution in [2.45, 2.75) is 82.0 Å². The Morgan fingerprint density at radius 2 is 1.87 bits per heavy atom. The minimum Gasteiger partial charge on any atom is -0.390 e. The zero-order valence-electron chi connectivity index (χ0n) is 22.4. The summed E-state index contributed by atoms with van der Waals surface area (Å²) in [5.41, 5.74) is -1.40. The fraction of sp³-hybridized carbons (Fsp3) is 0.517. The lowest BCUT2D eigenvalue weighted by Gasteiger charge is -2.42. The first-order valence-electron chi connectivity index (χ1n) is 12.9. The monoisotopic (exact) mass is 547 g/mol. The van der Waals surface area contributed by atoms with E-state index >= 15 is 0 Å². The Labute approximate surface area is 227 Å². The molecule has 4 atom stereocenters. The molecule has 4 rings (SSSR count). The first kappa shape index (κ1) is 28.5. The van der Waals surface area contributed by atoms with Crippen LogP contribution in [-0.2, 0) is 15.0 Å². The molecule has 4 unspecified atom stereocenters. The third kappa shape index (κ3) is 5.31. The van der Waals surface area contributed by atoms with Crippen LogP contribution >= 0.6 is 11.6 Å². The van der Waals surface area contributed by atoms with Gasteiger partial charge in [-0.2, -0.15) is 0 Å². The van der Waals surface area contributed by atoms with E-state index in [0.717, 1.165) is 18.4 Å². The molecule has 4 N–H and O–H groups in total. The van der Waals surface area contributed by atoms with Gasteiger partial charge in [0.2, 0.25) is 5.91 Å². The molecule has 1 heterocycles. The summed E-state index contributed by atoms with van der Waals surface area (Å²) in [6.45, 7) is 7.78. The van der Waals surface area contributed by atoms with Crippen LogP contribution in [0.2, 0.25) is 5.02 Å². The Morgan fingerprint density at radius 1 is 1.21 bits per heavy atom. The first-order chi connectivity index (χ1) is 17.7. The van der Waals surface area contributed by atoms with Crippen LogP contribution in [-0.4, -0.2) is 48.1 Å². The van der Waals surface area contributed by atoms with Crippen molar-refractivity contribution in [1.82, 2.24) is 10.6 Å². The fourth-order valence-electron chi connectivity index (χ4n) is 6.26. The number of halogens is 3.